The highest BCUT2D eigenvalue weighted by molar-refractivity contribution is 5.76. The average Bonchev–Trinajstić information content (AvgIpc) is 3.02. The van der Waals surface area contributed by atoms with Gasteiger partial charge in [-0.1, -0.05) is 11.3 Å². The molecule has 1 aliphatic rings. The first-order valence-electron chi connectivity index (χ1n) is 8.64. The normalized spacial score (nSPS) is 14.5. The lowest BCUT2D eigenvalue weighted by Gasteiger charge is -2.32. The minimum atomic E-state index is -0.585. The molecule has 0 bridgehead atoms. The summed E-state index contributed by atoms with van der Waals surface area (Å²) in [4.78, 5) is 19.6. The topological polar surface area (TPSA) is 67.2 Å². The van der Waals surface area contributed by atoms with Crippen LogP contribution in [0.1, 0.15) is 31.7 Å². The van der Waals surface area contributed by atoms with Gasteiger partial charge in [-0.15, -0.1) is 5.10 Å². The smallest absolute Gasteiger partial charge is 0.320 e. The summed E-state index contributed by atoms with van der Waals surface area (Å²) in [5, 5.41) is 8.31. The van der Waals surface area contributed by atoms with Gasteiger partial charge in [0.25, 0.3) is 0 Å². The van der Waals surface area contributed by atoms with Gasteiger partial charge >= 0.3 is 6.03 Å². The molecular weight excluding hydrogens is 334 g/mol. The Morgan fingerprint density at radius 2 is 2.15 bits per heavy atom. The Kier molecular flexibility index (Phi) is 5.01. The van der Waals surface area contributed by atoms with E-state index in [1.54, 1.807) is 17.0 Å². The van der Waals surface area contributed by atoms with Crippen LogP contribution >= 0.6 is 0 Å². The average molecular weight is 357 g/mol. The molecule has 1 aliphatic heterocycles. The zero-order chi connectivity index (χ0) is 18.8. The molecule has 0 unspecified atom stereocenters. The molecular formula is C18H23FN6O. The van der Waals surface area contributed by atoms with E-state index in [1.165, 1.54) is 10.9 Å². The number of aromatic nitrogens is 4. The fraction of sp³-hybridized carbons (Fsp3) is 0.444. The number of hydrogen-bond acceptors (Lipinski definition) is 4. The van der Waals surface area contributed by atoms with Gasteiger partial charge in [0, 0.05) is 32.4 Å². The summed E-state index contributed by atoms with van der Waals surface area (Å²) < 4.78 is 15.4. The van der Waals surface area contributed by atoms with E-state index in [9.17, 15) is 9.18 Å². The van der Waals surface area contributed by atoms with E-state index in [4.69, 9.17) is 0 Å². The maximum absolute atomic E-state index is 13.9. The molecule has 26 heavy (non-hydrogen) atoms. The minimum Gasteiger partial charge on any atom is -0.325 e. The van der Waals surface area contributed by atoms with E-state index < -0.39 is 5.95 Å². The number of halogens is 1. The van der Waals surface area contributed by atoms with Gasteiger partial charge in [-0.05, 0) is 44.9 Å². The second-order valence-electron chi connectivity index (χ2n) is 6.66. The van der Waals surface area contributed by atoms with Gasteiger partial charge in [0.05, 0.1) is 5.69 Å². The summed E-state index contributed by atoms with van der Waals surface area (Å²) in [7, 11) is 1.81. The van der Waals surface area contributed by atoms with Crippen LogP contribution in [0, 0.1) is 12.9 Å². The summed E-state index contributed by atoms with van der Waals surface area (Å²) in [6.45, 7) is 6.98. The first kappa shape index (κ1) is 18.0. The number of amides is 2. The molecule has 3 rings (SSSR count). The lowest BCUT2D eigenvalue weighted by Crippen LogP contribution is -2.45. The third-order valence-corrected chi connectivity index (χ3v) is 4.72. The van der Waals surface area contributed by atoms with Crippen molar-refractivity contribution in [3.8, 4) is 5.69 Å². The van der Waals surface area contributed by atoms with Gasteiger partial charge < -0.3 is 9.80 Å². The van der Waals surface area contributed by atoms with Crippen molar-refractivity contribution >= 4 is 11.6 Å². The van der Waals surface area contributed by atoms with Crippen molar-refractivity contribution in [1.29, 1.82) is 0 Å². The highest BCUT2D eigenvalue weighted by Crippen LogP contribution is 2.25. The molecule has 0 atom stereocenters. The number of urea groups is 1. The molecule has 0 radical (unpaired) electrons. The second-order valence-corrected chi connectivity index (χ2v) is 6.66. The van der Waals surface area contributed by atoms with Crippen LogP contribution in [-0.4, -0.2) is 62.0 Å². The third kappa shape index (κ3) is 3.31. The number of carbonyl (C=O) groups excluding carboxylic acids is 1. The zero-order valence-corrected chi connectivity index (χ0v) is 15.5. The Labute approximate surface area is 152 Å². The molecule has 7 nitrogen and oxygen atoms in total. The predicted molar refractivity (Wildman–Crippen MR) is 96.3 cm³/mol. The molecule has 0 spiro atoms. The van der Waals surface area contributed by atoms with Gasteiger partial charge in [-0.2, -0.15) is 4.39 Å². The second kappa shape index (κ2) is 7.23. The van der Waals surface area contributed by atoms with E-state index in [1.807, 2.05) is 38.8 Å². The number of rotatable bonds is 3. The van der Waals surface area contributed by atoms with Crippen molar-refractivity contribution < 1.29 is 9.18 Å². The lowest BCUT2D eigenvalue weighted by molar-refractivity contribution is 0.157. The standard InChI is InChI=1S/C18H23FN6O/c1-12(2)23(4)18(26)24-10-7-14(8-11-24)16-13(3)25(22-21-16)15-6-5-9-20-17(15)19/h5-7,9,12H,8,10-11H2,1-4H3/i19-1. The maximum Gasteiger partial charge on any atom is 0.320 e. The molecule has 2 aromatic heterocycles. The van der Waals surface area contributed by atoms with Gasteiger partial charge in [-0.25, -0.2) is 14.5 Å². The molecule has 0 fully saturated rings. The van der Waals surface area contributed by atoms with Crippen LogP contribution < -0.4 is 0 Å². The van der Waals surface area contributed by atoms with Gasteiger partial charge in [0.2, 0.25) is 5.95 Å². The summed E-state index contributed by atoms with van der Waals surface area (Å²) in [5.41, 5.74) is 2.78. The van der Waals surface area contributed by atoms with Crippen LogP contribution in [0.4, 0.5) is 9.18 Å². The van der Waals surface area contributed by atoms with Crippen LogP contribution in [0.3, 0.4) is 0 Å². The van der Waals surface area contributed by atoms with Crippen molar-refractivity contribution in [2.75, 3.05) is 20.1 Å². The fourth-order valence-electron chi connectivity index (χ4n) is 2.89. The van der Waals surface area contributed by atoms with Crippen LogP contribution in [0.5, 0.6) is 0 Å². The van der Waals surface area contributed by atoms with E-state index in [0.29, 0.717) is 19.5 Å². The third-order valence-electron chi connectivity index (χ3n) is 4.72. The van der Waals surface area contributed by atoms with E-state index >= 15 is 0 Å². The monoisotopic (exact) mass is 357 g/mol. The molecule has 2 aromatic rings. The van der Waals surface area contributed by atoms with E-state index in [2.05, 4.69) is 15.3 Å². The Bertz CT molecular complexity index is 844. The van der Waals surface area contributed by atoms with Crippen molar-refractivity contribution in [3.63, 3.8) is 0 Å². The number of hydrogen-bond donors (Lipinski definition) is 0. The Morgan fingerprint density at radius 1 is 1.38 bits per heavy atom. The summed E-state index contributed by atoms with van der Waals surface area (Å²) in [5.74, 6) is -0.585. The molecule has 0 saturated carbocycles. The van der Waals surface area contributed by atoms with Crippen molar-refractivity contribution in [2.45, 2.75) is 33.2 Å². The highest BCUT2D eigenvalue weighted by atomic mass is 18.2. The molecule has 0 aromatic carbocycles. The molecule has 138 valence electrons. The zero-order valence-electron chi connectivity index (χ0n) is 15.5. The predicted octanol–water partition coefficient (Wildman–Crippen LogP) is 2.66. The van der Waals surface area contributed by atoms with Crippen LogP contribution in [0.2, 0.25) is 0 Å². The number of carbonyl (C=O) groups is 1. The molecule has 0 N–H and O–H groups in total. The van der Waals surface area contributed by atoms with Crippen LogP contribution in [0.25, 0.3) is 11.3 Å². The van der Waals surface area contributed by atoms with Gasteiger partial charge in [0.1, 0.15) is 11.4 Å². The maximum atomic E-state index is 13.9. The number of pyridine rings is 1. The Morgan fingerprint density at radius 3 is 2.77 bits per heavy atom. The van der Waals surface area contributed by atoms with Crippen LogP contribution in [-0.2, 0) is 0 Å². The lowest BCUT2D eigenvalue weighted by atomic mass is 10.0. The molecule has 8 heteroatoms. The van der Waals surface area contributed by atoms with Gasteiger partial charge in [-0.3, -0.25) is 0 Å². The minimum absolute atomic E-state index is 0.0214. The van der Waals surface area contributed by atoms with Gasteiger partial charge in [0.15, 0.2) is 0 Å². The van der Waals surface area contributed by atoms with Crippen molar-refractivity contribution in [3.05, 3.63) is 41.7 Å². The highest BCUT2D eigenvalue weighted by Gasteiger charge is 2.24. The fourth-order valence-corrected chi connectivity index (χ4v) is 2.89. The molecule has 2 amide bonds. The molecule has 0 aliphatic carbocycles. The molecule has 0 saturated heterocycles. The largest absolute Gasteiger partial charge is 0.325 e. The van der Waals surface area contributed by atoms with Crippen LogP contribution in [0.15, 0.2) is 24.4 Å². The SMILES string of the molecule is Cc1c(C2=CCN(C(=O)N(C)C(C)C)CC2)nnn1-c1cccnc1[18F]. The Balaban J connectivity index is 1.80. The summed E-state index contributed by atoms with van der Waals surface area (Å²) >= 11 is 0. The first-order chi connectivity index (χ1) is 12.4. The Hall–Kier alpha value is -2.77. The van der Waals surface area contributed by atoms with E-state index in [-0.39, 0.29) is 17.8 Å². The molecule has 3 heterocycles. The van der Waals surface area contributed by atoms with Crippen molar-refractivity contribution in [1.82, 2.24) is 29.8 Å². The van der Waals surface area contributed by atoms with Crippen molar-refractivity contribution in [2.24, 2.45) is 0 Å². The summed E-state index contributed by atoms with van der Waals surface area (Å²) in [6.07, 6.45) is 4.08. The summed E-state index contributed by atoms with van der Waals surface area (Å²) in [6, 6.07) is 3.46. The van der Waals surface area contributed by atoms with E-state index in [0.717, 1.165) is 17.0 Å². The number of nitrogens with zero attached hydrogens (tertiary/aromatic N) is 6. The first-order valence-corrected chi connectivity index (χ1v) is 8.64. The quantitative estimate of drug-likeness (QED) is 0.792.